The number of fused-ring (bicyclic) bond motifs is 1. The summed E-state index contributed by atoms with van der Waals surface area (Å²) in [5, 5.41) is 21.1. The van der Waals surface area contributed by atoms with Gasteiger partial charge in [0.25, 0.3) is 0 Å². The zero-order valence-electron chi connectivity index (χ0n) is 13.7. The van der Waals surface area contributed by atoms with Crippen molar-refractivity contribution in [3.05, 3.63) is 43.9 Å². The minimum absolute atomic E-state index is 0.0690. The number of imidazole rings is 1. The predicted octanol–water partition coefficient (Wildman–Crippen LogP) is 2.61. The van der Waals surface area contributed by atoms with Crippen molar-refractivity contribution in [2.75, 3.05) is 13.1 Å². The first-order valence-corrected chi connectivity index (χ1v) is 8.42. The molecule has 0 bridgehead atoms. The van der Waals surface area contributed by atoms with Crippen LogP contribution in [-0.2, 0) is 13.0 Å². The van der Waals surface area contributed by atoms with Gasteiger partial charge in [-0.25, -0.2) is 9.55 Å². The molecule has 0 radical (unpaired) electrons. The van der Waals surface area contributed by atoms with Crippen molar-refractivity contribution in [2.45, 2.75) is 32.4 Å². The first-order valence-electron chi connectivity index (χ1n) is 7.67. The number of aromatic nitrogens is 3. The van der Waals surface area contributed by atoms with Gasteiger partial charge in [0.2, 0.25) is 0 Å². The molecular formula is C15H17Cl2N5O3. The van der Waals surface area contributed by atoms with Crippen molar-refractivity contribution in [2.24, 2.45) is 0 Å². The van der Waals surface area contributed by atoms with Gasteiger partial charge in [0.05, 0.1) is 10.6 Å². The maximum absolute atomic E-state index is 10.9. The first-order chi connectivity index (χ1) is 11.6. The van der Waals surface area contributed by atoms with Gasteiger partial charge in [-0.05, 0) is 47.0 Å². The van der Waals surface area contributed by atoms with E-state index in [1.54, 1.807) is 19.9 Å². The molecule has 2 aromatic heterocycles. The predicted molar refractivity (Wildman–Crippen MR) is 93.3 cm³/mol. The van der Waals surface area contributed by atoms with Gasteiger partial charge in [-0.3, -0.25) is 4.90 Å². The molecule has 2 aromatic rings. The van der Waals surface area contributed by atoms with Crippen molar-refractivity contribution in [1.82, 2.24) is 19.4 Å². The van der Waals surface area contributed by atoms with Crippen molar-refractivity contribution in [3.8, 4) is 5.82 Å². The van der Waals surface area contributed by atoms with E-state index in [2.05, 4.69) is 14.9 Å². The lowest BCUT2D eigenvalue weighted by molar-refractivity contribution is -0.389. The maximum Gasteiger partial charge on any atom is 0.383 e. The van der Waals surface area contributed by atoms with Crippen LogP contribution in [0.4, 0.5) is 5.82 Å². The molecular weight excluding hydrogens is 369 g/mol. The molecule has 0 spiro atoms. The normalized spacial score (nSPS) is 15.2. The number of nitro groups is 1. The summed E-state index contributed by atoms with van der Waals surface area (Å²) in [6, 6.07) is 1.79. The highest BCUT2D eigenvalue weighted by atomic mass is 35.5. The van der Waals surface area contributed by atoms with Crippen molar-refractivity contribution in [3.63, 3.8) is 0 Å². The highest BCUT2D eigenvalue weighted by molar-refractivity contribution is 6.32. The van der Waals surface area contributed by atoms with Gasteiger partial charge in [-0.15, -0.1) is 0 Å². The van der Waals surface area contributed by atoms with E-state index in [9.17, 15) is 15.2 Å². The van der Waals surface area contributed by atoms with Crippen molar-refractivity contribution < 1.29 is 10.0 Å². The monoisotopic (exact) mass is 385 g/mol. The highest BCUT2D eigenvalue weighted by Gasteiger charge is 2.26. The second-order valence-corrected chi connectivity index (χ2v) is 7.41. The molecule has 0 unspecified atom stereocenters. The van der Waals surface area contributed by atoms with Crippen molar-refractivity contribution in [1.29, 1.82) is 0 Å². The lowest BCUT2D eigenvalue weighted by atomic mass is 10.0. The van der Waals surface area contributed by atoms with Crippen LogP contribution in [0.5, 0.6) is 0 Å². The largest absolute Gasteiger partial charge is 0.389 e. The third-order valence-electron chi connectivity index (χ3n) is 3.86. The summed E-state index contributed by atoms with van der Waals surface area (Å²) in [4.78, 5) is 20.6. The summed E-state index contributed by atoms with van der Waals surface area (Å²) < 4.78 is 1.31. The van der Waals surface area contributed by atoms with E-state index < -0.39 is 10.5 Å². The Morgan fingerprint density at radius 1 is 1.40 bits per heavy atom. The first kappa shape index (κ1) is 18.1. The van der Waals surface area contributed by atoms with E-state index in [1.807, 2.05) is 0 Å². The maximum atomic E-state index is 10.9. The van der Waals surface area contributed by atoms with Crippen LogP contribution in [0.15, 0.2) is 12.3 Å². The second-order valence-electron chi connectivity index (χ2n) is 6.67. The third-order valence-corrected chi connectivity index (χ3v) is 4.41. The van der Waals surface area contributed by atoms with Crippen LogP contribution in [0, 0.1) is 10.1 Å². The zero-order chi connectivity index (χ0) is 18.4. The van der Waals surface area contributed by atoms with Crippen LogP contribution in [-0.4, -0.2) is 48.2 Å². The molecule has 1 N–H and O–H groups in total. The fourth-order valence-electron chi connectivity index (χ4n) is 2.92. The van der Waals surface area contributed by atoms with Crippen molar-refractivity contribution >= 4 is 29.0 Å². The summed E-state index contributed by atoms with van der Waals surface area (Å²) in [5.41, 5.74) is 1.05. The number of hydrogen-bond acceptors (Lipinski definition) is 6. The van der Waals surface area contributed by atoms with Gasteiger partial charge >= 0.3 is 11.1 Å². The summed E-state index contributed by atoms with van der Waals surface area (Å²) in [5.74, 6) is -0.0427. The molecule has 134 valence electrons. The van der Waals surface area contributed by atoms with Crippen LogP contribution in [0.3, 0.4) is 0 Å². The zero-order valence-corrected chi connectivity index (χ0v) is 15.3. The summed E-state index contributed by atoms with van der Waals surface area (Å²) in [6.07, 6.45) is 1.89. The van der Waals surface area contributed by atoms with E-state index in [-0.39, 0.29) is 11.1 Å². The Morgan fingerprint density at radius 2 is 2.12 bits per heavy atom. The van der Waals surface area contributed by atoms with Gasteiger partial charge in [-0.2, -0.15) is 0 Å². The Morgan fingerprint density at radius 3 is 2.72 bits per heavy atom. The molecule has 1 aliphatic rings. The van der Waals surface area contributed by atoms with E-state index in [0.29, 0.717) is 30.4 Å². The standard InChI is InChI=1S/C15H17Cl2N5O3/c1-15(2,23)8-20-4-3-11-9(6-20)5-10(16)13(18-11)21-7-12(22(24)25)19-14(21)17/h5,7,23H,3-4,6,8H2,1-2H3. The SMILES string of the molecule is CC(C)(O)CN1CCc2nc(-n3cc([N+](=O)[O-])nc3Cl)c(Cl)cc2C1. The molecule has 8 nitrogen and oxygen atoms in total. The molecule has 0 aliphatic carbocycles. The topological polar surface area (TPSA) is 97.3 Å². The molecule has 3 rings (SSSR count). The molecule has 0 aromatic carbocycles. The average molecular weight is 386 g/mol. The molecule has 0 amide bonds. The number of nitrogens with zero attached hydrogens (tertiary/aromatic N) is 5. The fraction of sp³-hybridized carbons (Fsp3) is 0.467. The van der Waals surface area contributed by atoms with Gasteiger partial charge in [-0.1, -0.05) is 11.6 Å². The van der Waals surface area contributed by atoms with Gasteiger partial charge in [0.15, 0.2) is 5.82 Å². The number of hydrogen-bond donors (Lipinski definition) is 1. The number of rotatable bonds is 4. The van der Waals surface area contributed by atoms with Crippen LogP contribution in [0.25, 0.3) is 5.82 Å². The van der Waals surface area contributed by atoms with E-state index in [0.717, 1.165) is 17.8 Å². The lowest BCUT2D eigenvalue weighted by Crippen LogP contribution is -2.41. The molecule has 3 heterocycles. The Hall–Kier alpha value is -1.74. The minimum Gasteiger partial charge on any atom is -0.389 e. The number of halogens is 2. The highest BCUT2D eigenvalue weighted by Crippen LogP contribution is 2.29. The average Bonchev–Trinajstić information content (AvgIpc) is 2.87. The lowest BCUT2D eigenvalue weighted by Gasteiger charge is -2.32. The molecule has 0 saturated heterocycles. The van der Waals surface area contributed by atoms with Crippen LogP contribution in [0.2, 0.25) is 10.3 Å². The smallest absolute Gasteiger partial charge is 0.383 e. The van der Waals surface area contributed by atoms with Gasteiger partial charge in [0, 0.05) is 31.7 Å². The van der Waals surface area contributed by atoms with Crippen LogP contribution in [0.1, 0.15) is 25.1 Å². The Labute approximate surface area is 154 Å². The third kappa shape index (κ3) is 3.92. The van der Waals surface area contributed by atoms with E-state index >= 15 is 0 Å². The molecule has 0 fully saturated rings. The Bertz CT molecular complexity index is 831. The number of aliphatic hydroxyl groups is 1. The van der Waals surface area contributed by atoms with E-state index in [1.165, 1.54) is 10.8 Å². The molecule has 0 saturated carbocycles. The quantitative estimate of drug-likeness (QED) is 0.641. The van der Waals surface area contributed by atoms with Crippen LogP contribution < -0.4 is 0 Å². The molecule has 0 atom stereocenters. The molecule has 10 heteroatoms. The summed E-state index contributed by atoms with van der Waals surface area (Å²) >= 11 is 12.3. The van der Waals surface area contributed by atoms with Crippen LogP contribution >= 0.6 is 23.2 Å². The van der Waals surface area contributed by atoms with Gasteiger partial charge in [0.1, 0.15) is 6.20 Å². The fourth-order valence-corrected chi connectivity index (χ4v) is 3.41. The Kier molecular flexibility index (Phi) is 4.72. The number of β-amino-alcohol motifs (C(OH)–C–C–N with tert-alkyl or cyclic N) is 1. The Balaban J connectivity index is 1.92. The number of pyridine rings is 1. The van der Waals surface area contributed by atoms with Gasteiger partial charge < -0.3 is 15.2 Å². The summed E-state index contributed by atoms with van der Waals surface area (Å²) in [7, 11) is 0. The molecule has 25 heavy (non-hydrogen) atoms. The minimum atomic E-state index is -0.780. The second kappa shape index (κ2) is 6.53. The summed E-state index contributed by atoms with van der Waals surface area (Å²) in [6.45, 7) is 5.47. The molecule has 1 aliphatic heterocycles. The van der Waals surface area contributed by atoms with E-state index in [4.69, 9.17) is 23.2 Å².